The first-order valence-electron chi connectivity index (χ1n) is 7.35. The van der Waals surface area contributed by atoms with Gasteiger partial charge in [-0.25, -0.2) is 4.39 Å². The van der Waals surface area contributed by atoms with Crippen LogP contribution in [-0.4, -0.2) is 42.0 Å². The van der Waals surface area contributed by atoms with Gasteiger partial charge < -0.3 is 9.80 Å². The Balaban J connectivity index is 1.67. The number of carbonyl (C=O) groups excluding carboxylic acids is 1. The maximum atomic E-state index is 13.7. The van der Waals surface area contributed by atoms with Crippen molar-refractivity contribution in [2.24, 2.45) is 0 Å². The van der Waals surface area contributed by atoms with Crippen LogP contribution in [0.15, 0.2) is 42.7 Å². The molecule has 3 rings (SSSR count). The Kier molecular flexibility index (Phi) is 4.04. The van der Waals surface area contributed by atoms with E-state index in [1.54, 1.807) is 4.90 Å². The Labute approximate surface area is 129 Å². The minimum Gasteiger partial charge on any atom is -0.368 e. The topological polar surface area (TPSA) is 36.4 Å². The van der Waals surface area contributed by atoms with E-state index >= 15 is 0 Å². The number of hydrogen-bond acceptors (Lipinski definition) is 3. The number of nitrogens with zero attached hydrogens (tertiary/aromatic N) is 3. The van der Waals surface area contributed by atoms with E-state index in [1.807, 2.05) is 6.07 Å². The van der Waals surface area contributed by atoms with Crippen LogP contribution in [0.5, 0.6) is 0 Å². The summed E-state index contributed by atoms with van der Waals surface area (Å²) in [5, 5.41) is 0. The molecule has 1 aliphatic rings. The molecule has 0 saturated carbocycles. The highest BCUT2D eigenvalue weighted by molar-refractivity contribution is 5.94. The molecular formula is C17H18FN3O. The minimum atomic E-state index is -0.561. The van der Waals surface area contributed by atoms with Crippen molar-refractivity contribution in [1.29, 1.82) is 0 Å². The van der Waals surface area contributed by atoms with Crippen molar-refractivity contribution in [3.05, 3.63) is 59.7 Å². The highest BCUT2D eigenvalue weighted by Crippen LogP contribution is 2.19. The van der Waals surface area contributed by atoms with E-state index in [0.717, 1.165) is 19.3 Å². The molecule has 114 valence electrons. The van der Waals surface area contributed by atoms with E-state index in [-0.39, 0.29) is 11.5 Å². The van der Waals surface area contributed by atoms with Crippen molar-refractivity contribution in [3.63, 3.8) is 0 Å². The van der Waals surface area contributed by atoms with Gasteiger partial charge in [-0.15, -0.1) is 0 Å². The highest BCUT2D eigenvalue weighted by Gasteiger charge is 2.24. The van der Waals surface area contributed by atoms with Crippen molar-refractivity contribution in [1.82, 2.24) is 9.88 Å². The molecule has 1 aromatic heterocycles. The van der Waals surface area contributed by atoms with E-state index in [9.17, 15) is 9.18 Å². The predicted molar refractivity (Wildman–Crippen MR) is 83.5 cm³/mol. The number of amides is 1. The van der Waals surface area contributed by atoms with Gasteiger partial charge in [-0.2, -0.15) is 0 Å². The zero-order chi connectivity index (χ0) is 15.5. The number of anilines is 1. The maximum absolute atomic E-state index is 13.7. The number of pyridine rings is 1. The third kappa shape index (κ3) is 2.93. The molecule has 0 radical (unpaired) electrons. The van der Waals surface area contributed by atoms with E-state index in [2.05, 4.69) is 35.0 Å². The van der Waals surface area contributed by atoms with Crippen LogP contribution < -0.4 is 4.90 Å². The average molecular weight is 299 g/mol. The molecule has 4 nitrogen and oxygen atoms in total. The fourth-order valence-corrected chi connectivity index (χ4v) is 2.71. The second-order valence-electron chi connectivity index (χ2n) is 5.47. The first-order chi connectivity index (χ1) is 10.6. The molecule has 1 saturated heterocycles. The Morgan fingerprint density at radius 2 is 1.95 bits per heavy atom. The van der Waals surface area contributed by atoms with Gasteiger partial charge in [0.05, 0.1) is 11.8 Å². The quantitative estimate of drug-likeness (QED) is 0.855. The lowest BCUT2D eigenvalue weighted by molar-refractivity contribution is 0.0742. The van der Waals surface area contributed by atoms with Crippen LogP contribution in [0.3, 0.4) is 0 Å². The lowest BCUT2D eigenvalue weighted by Gasteiger charge is -2.36. The standard InChI is InChI=1S/C17H18FN3O/c1-13-3-2-4-14(11-13)20-7-9-21(10-8-20)17(22)15-5-6-19-12-16(15)18/h2-6,11-12H,7-10H2,1H3. The van der Waals surface area contributed by atoms with Crippen molar-refractivity contribution in [2.45, 2.75) is 6.92 Å². The van der Waals surface area contributed by atoms with Crippen molar-refractivity contribution >= 4 is 11.6 Å². The number of halogens is 1. The van der Waals surface area contributed by atoms with Crippen molar-refractivity contribution < 1.29 is 9.18 Å². The summed E-state index contributed by atoms with van der Waals surface area (Å²) in [6, 6.07) is 9.75. The van der Waals surface area contributed by atoms with Gasteiger partial charge in [0.2, 0.25) is 0 Å². The second kappa shape index (κ2) is 6.13. The first-order valence-corrected chi connectivity index (χ1v) is 7.35. The van der Waals surface area contributed by atoms with Gasteiger partial charge in [0.1, 0.15) is 0 Å². The zero-order valence-electron chi connectivity index (χ0n) is 12.5. The molecule has 0 atom stereocenters. The number of rotatable bonds is 2. The third-order valence-corrected chi connectivity index (χ3v) is 3.94. The van der Waals surface area contributed by atoms with E-state index in [0.29, 0.717) is 13.1 Å². The summed E-state index contributed by atoms with van der Waals surface area (Å²) < 4.78 is 13.7. The largest absolute Gasteiger partial charge is 0.368 e. The van der Waals surface area contributed by atoms with Crippen LogP contribution in [0.1, 0.15) is 15.9 Å². The summed E-state index contributed by atoms with van der Waals surface area (Å²) in [7, 11) is 0. The molecule has 22 heavy (non-hydrogen) atoms. The van der Waals surface area contributed by atoms with E-state index < -0.39 is 5.82 Å². The molecule has 5 heteroatoms. The SMILES string of the molecule is Cc1cccc(N2CCN(C(=O)c3ccncc3F)CC2)c1. The van der Waals surface area contributed by atoms with Gasteiger partial charge in [0.15, 0.2) is 5.82 Å². The van der Waals surface area contributed by atoms with Gasteiger partial charge in [-0.3, -0.25) is 9.78 Å². The molecule has 0 bridgehead atoms. The summed E-state index contributed by atoms with van der Waals surface area (Å²) in [6.45, 7) is 4.75. The predicted octanol–water partition coefficient (Wildman–Crippen LogP) is 2.49. The molecule has 1 fully saturated rings. The molecule has 1 aliphatic heterocycles. The maximum Gasteiger partial charge on any atom is 0.257 e. The van der Waals surface area contributed by atoms with Crippen LogP contribution in [0, 0.1) is 12.7 Å². The zero-order valence-corrected chi connectivity index (χ0v) is 12.5. The van der Waals surface area contributed by atoms with Crippen molar-refractivity contribution in [2.75, 3.05) is 31.1 Å². The number of aryl methyl sites for hydroxylation is 1. The van der Waals surface area contributed by atoms with Crippen LogP contribution in [0.4, 0.5) is 10.1 Å². The molecule has 2 heterocycles. The number of hydrogen-bond donors (Lipinski definition) is 0. The number of piperazine rings is 1. The normalized spacial score (nSPS) is 15.0. The number of aromatic nitrogens is 1. The molecule has 2 aromatic rings. The molecule has 0 unspecified atom stereocenters. The molecular weight excluding hydrogens is 281 g/mol. The smallest absolute Gasteiger partial charge is 0.257 e. The molecule has 0 aliphatic carbocycles. The molecule has 0 N–H and O–H groups in total. The monoisotopic (exact) mass is 299 g/mol. The summed E-state index contributed by atoms with van der Waals surface area (Å²) in [6.07, 6.45) is 2.52. The Morgan fingerprint density at radius 3 is 2.64 bits per heavy atom. The van der Waals surface area contributed by atoms with E-state index in [4.69, 9.17) is 0 Å². The fourth-order valence-electron chi connectivity index (χ4n) is 2.71. The molecule has 0 spiro atoms. The van der Waals surface area contributed by atoms with E-state index in [1.165, 1.54) is 23.5 Å². The lowest BCUT2D eigenvalue weighted by atomic mass is 10.1. The second-order valence-corrected chi connectivity index (χ2v) is 5.47. The van der Waals surface area contributed by atoms with Crippen LogP contribution in [0.2, 0.25) is 0 Å². The van der Waals surface area contributed by atoms with Gasteiger partial charge in [-0.05, 0) is 30.7 Å². The summed E-state index contributed by atoms with van der Waals surface area (Å²) >= 11 is 0. The van der Waals surface area contributed by atoms with Crippen LogP contribution >= 0.6 is 0 Å². The minimum absolute atomic E-state index is 0.0963. The highest BCUT2D eigenvalue weighted by atomic mass is 19.1. The van der Waals surface area contributed by atoms with Crippen molar-refractivity contribution in [3.8, 4) is 0 Å². The Bertz CT molecular complexity index is 681. The van der Waals surface area contributed by atoms with Crippen LogP contribution in [0.25, 0.3) is 0 Å². The molecule has 1 amide bonds. The number of carbonyl (C=O) groups is 1. The number of benzene rings is 1. The molecule has 1 aromatic carbocycles. The van der Waals surface area contributed by atoms with Gasteiger partial charge >= 0.3 is 0 Å². The van der Waals surface area contributed by atoms with Gasteiger partial charge in [0.25, 0.3) is 5.91 Å². The fraction of sp³-hybridized carbons (Fsp3) is 0.294. The lowest BCUT2D eigenvalue weighted by Crippen LogP contribution is -2.49. The Morgan fingerprint density at radius 1 is 1.18 bits per heavy atom. The average Bonchev–Trinajstić information content (AvgIpc) is 2.55. The summed E-state index contributed by atoms with van der Waals surface area (Å²) in [4.78, 5) is 20.0. The summed E-state index contributed by atoms with van der Waals surface area (Å²) in [5.41, 5.74) is 2.48. The van der Waals surface area contributed by atoms with Crippen LogP contribution in [-0.2, 0) is 0 Å². The van der Waals surface area contributed by atoms with Gasteiger partial charge in [0, 0.05) is 38.1 Å². The first kappa shape index (κ1) is 14.5. The summed E-state index contributed by atoms with van der Waals surface area (Å²) in [5.74, 6) is -0.822. The Hall–Kier alpha value is -2.43. The van der Waals surface area contributed by atoms with Gasteiger partial charge in [-0.1, -0.05) is 12.1 Å². The third-order valence-electron chi connectivity index (χ3n) is 3.94.